The van der Waals surface area contributed by atoms with Gasteiger partial charge in [0.1, 0.15) is 11.4 Å². The molecule has 1 N–H and O–H groups in total. The first-order valence-electron chi connectivity index (χ1n) is 9.69. The molecule has 1 aromatic carbocycles. The second kappa shape index (κ2) is 8.08. The lowest BCUT2D eigenvalue weighted by Gasteiger charge is -2.31. The number of aromatic nitrogens is 2. The number of fused-ring (bicyclic) bond motifs is 1. The maximum Gasteiger partial charge on any atom is 0.231 e. The van der Waals surface area contributed by atoms with Gasteiger partial charge in [-0.05, 0) is 43.2 Å². The summed E-state index contributed by atoms with van der Waals surface area (Å²) >= 11 is 3.04. The molecule has 9 heteroatoms. The van der Waals surface area contributed by atoms with Crippen LogP contribution < -0.4 is 15.0 Å². The Kier molecular flexibility index (Phi) is 5.14. The average Bonchev–Trinajstić information content (AvgIpc) is 3.53. The van der Waals surface area contributed by atoms with Crippen molar-refractivity contribution in [3.05, 3.63) is 42.0 Å². The van der Waals surface area contributed by atoms with Crippen LogP contribution in [0.4, 0.5) is 10.3 Å². The molecule has 1 saturated heterocycles. The molecule has 30 heavy (non-hydrogen) atoms. The molecule has 7 nitrogen and oxygen atoms in total. The summed E-state index contributed by atoms with van der Waals surface area (Å²) in [5, 5.41) is 6.40. The number of piperidine rings is 1. The average molecular weight is 441 g/mol. The highest BCUT2D eigenvalue weighted by Gasteiger charge is 2.28. The lowest BCUT2D eigenvalue weighted by Crippen LogP contribution is -2.40. The molecule has 1 unspecified atom stereocenters. The highest BCUT2D eigenvalue weighted by atomic mass is 32.1. The Morgan fingerprint density at radius 2 is 2.27 bits per heavy atom. The Labute approximate surface area is 181 Å². The van der Waals surface area contributed by atoms with E-state index in [0.29, 0.717) is 17.4 Å². The number of methoxy groups -OCH3 is 1. The van der Waals surface area contributed by atoms with Crippen molar-refractivity contribution in [1.82, 2.24) is 9.97 Å². The van der Waals surface area contributed by atoms with E-state index in [1.165, 1.54) is 11.3 Å². The maximum absolute atomic E-state index is 12.9. The Morgan fingerprint density at radius 1 is 1.33 bits per heavy atom. The molecule has 1 fully saturated rings. The van der Waals surface area contributed by atoms with E-state index in [9.17, 15) is 4.79 Å². The van der Waals surface area contributed by atoms with E-state index in [0.717, 1.165) is 46.2 Å². The van der Waals surface area contributed by atoms with Crippen molar-refractivity contribution in [3.63, 3.8) is 0 Å². The number of nitrogens with zero attached hydrogens (tertiary/aromatic N) is 3. The summed E-state index contributed by atoms with van der Waals surface area (Å²) in [4.78, 5) is 24.3. The summed E-state index contributed by atoms with van der Waals surface area (Å²) in [5.41, 5.74) is 1.69. The van der Waals surface area contributed by atoms with Crippen molar-refractivity contribution in [3.8, 4) is 17.2 Å². The van der Waals surface area contributed by atoms with Gasteiger partial charge in [0.25, 0.3) is 0 Å². The monoisotopic (exact) mass is 440 g/mol. The predicted molar refractivity (Wildman–Crippen MR) is 120 cm³/mol. The van der Waals surface area contributed by atoms with E-state index in [2.05, 4.69) is 15.2 Å². The summed E-state index contributed by atoms with van der Waals surface area (Å²) in [6, 6.07) is 9.57. The van der Waals surface area contributed by atoms with Crippen LogP contribution in [0.25, 0.3) is 21.7 Å². The first kappa shape index (κ1) is 19.1. The molecule has 1 amide bonds. The molecule has 0 saturated carbocycles. The zero-order valence-electron chi connectivity index (χ0n) is 16.3. The van der Waals surface area contributed by atoms with Gasteiger partial charge in [0.05, 0.1) is 29.5 Å². The second-order valence-corrected chi connectivity index (χ2v) is 8.99. The lowest BCUT2D eigenvalue weighted by molar-refractivity contribution is -0.120. The number of furan rings is 1. The summed E-state index contributed by atoms with van der Waals surface area (Å²) in [7, 11) is 1.66. The van der Waals surface area contributed by atoms with Crippen LogP contribution >= 0.6 is 22.7 Å². The number of hydrogen-bond acceptors (Lipinski definition) is 8. The molecule has 5 rings (SSSR count). The van der Waals surface area contributed by atoms with Gasteiger partial charge in [-0.3, -0.25) is 4.79 Å². The molecular formula is C21H20N4O3S2. The van der Waals surface area contributed by atoms with Crippen LogP contribution in [0.15, 0.2) is 46.4 Å². The summed E-state index contributed by atoms with van der Waals surface area (Å²) in [5.74, 6) is 1.42. The van der Waals surface area contributed by atoms with Crippen molar-refractivity contribution in [1.29, 1.82) is 0 Å². The standard InChI is InChI=1S/C21H20N4O3S2/c1-27-14-6-7-15-18(10-14)30-21(23-15)25-8-2-4-13(11-25)19(26)24-20-22-16(12-29-20)17-5-3-9-28-17/h3,5-7,9-10,12-13H,2,4,8,11H2,1H3,(H,22,24,26). The highest BCUT2D eigenvalue weighted by molar-refractivity contribution is 7.22. The molecule has 1 atom stereocenters. The number of nitrogens with one attached hydrogen (secondary N) is 1. The summed E-state index contributed by atoms with van der Waals surface area (Å²) in [6.07, 6.45) is 3.42. The third-order valence-electron chi connectivity index (χ3n) is 5.15. The molecule has 1 aliphatic rings. The quantitative estimate of drug-likeness (QED) is 0.477. The molecule has 4 heterocycles. The SMILES string of the molecule is COc1ccc2nc(N3CCCC(C(=O)Nc4nc(-c5ccco5)cs4)C3)sc2c1. The van der Waals surface area contributed by atoms with Gasteiger partial charge in [-0.25, -0.2) is 9.97 Å². The first-order chi connectivity index (χ1) is 14.7. The minimum atomic E-state index is -0.101. The number of amides is 1. The van der Waals surface area contributed by atoms with Gasteiger partial charge in [0, 0.05) is 18.5 Å². The molecule has 0 radical (unpaired) electrons. The van der Waals surface area contributed by atoms with E-state index in [1.807, 2.05) is 35.7 Å². The van der Waals surface area contributed by atoms with Crippen molar-refractivity contribution < 1.29 is 13.9 Å². The van der Waals surface area contributed by atoms with E-state index in [-0.39, 0.29) is 11.8 Å². The fourth-order valence-electron chi connectivity index (χ4n) is 3.60. The largest absolute Gasteiger partial charge is 0.497 e. The van der Waals surface area contributed by atoms with Crippen LogP contribution in [0.3, 0.4) is 0 Å². The van der Waals surface area contributed by atoms with E-state index >= 15 is 0 Å². The van der Waals surface area contributed by atoms with Gasteiger partial charge < -0.3 is 19.4 Å². The normalized spacial score (nSPS) is 16.7. The number of ether oxygens (including phenoxy) is 1. The van der Waals surface area contributed by atoms with Gasteiger partial charge in [0.15, 0.2) is 16.0 Å². The fraction of sp³-hybridized carbons (Fsp3) is 0.286. The maximum atomic E-state index is 12.9. The smallest absolute Gasteiger partial charge is 0.231 e. The van der Waals surface area contributed by atoms with Crippen molar-refractivity contribution in [2.75, 3.05) is 30.4 Å². The van der Waals surface area contributed by atoms with E-state index in [1.54, 1.807) is 24.7 Å². The molecule has 0 bridgehead atoms. The van der Waals surface area contributed by atoms with E-state index < -0.39 is 0 Å². The third kappa shape index (κ3) is 3.78. The third-order valence-corrected chi connectivity index (χ3v) is 6.99. The number of thiazole rings is 2. The van der Waals surface area contributed by atoms with Gasteiger partial charge in [-0.15, -0.1) is 11.3 Å². The predicted octanol–water partition coefficient (Wildman–Crippen LogP) is 4.88. The van der Waals surface area contributed by atoms with Crippen LogP contribution in [0, 0.1) is 5.92 Å². The van der Waals surface area contributed by atoms with Gasteiger partial charge in [-0.1, -0.05) is 11.3 Å². The number of hydrogen-bond donors (Lipinski definition) is 1. The molecule has 4 aromatic rings. The van der Waals surface area contributed by atoms with Crippen molar-refractivity contribution >= 4 is 49.1 Å². The van der Waals surface area contributed by atoms with Crippen LogP contribution in [0.2, 0.25) is 0 Å². The van der Waals surface area contributed by atoms with Crippen molar-refractivity contribution in [2.45, 2.75) is 12.8 Å². The molecule has 0 aliphatic carbocycles. The molecule has 3 aromatic heterocycles. The molecule has 154 valence electrons. The number of carbonyl (C=O) groups excluding carboxylic acids is 1. The van der Waals surface area contributed by atoms with Crippen molar-refractivity contribution in [2.24, 2.45) is 5.92 Å². The Balaban J connectivity index is 1.27. The van der Waals surface area contributed by atoms with Crippen LogP contribution in [-0.4, -0.2) is 36.1 Å². The van der Waals surface area contributed by atoms with Crippen LogP contribution in [0.5, 0.6) is 5.75 Å². The Morgan fingerprint density at radius 3 is 3.10 bits per heavy atom. The minimum absolute atomic E-state index is 0.00262. The minimum Gasteiger partial charge on any atom is -0.497 e. The summed E-state index contributed by atoms with van der Waals surface area (Å²) < 4.78 is 11.8. The van der Waals surface area contributed by atoms with Crippen LogP contribution in [0.1, 0.15) is 12.8 Å². The fourth-order valence-corrected chi connectivity index (χ4v) is 5.33. The van der Waals surface area contributed by atoms with Gasteiger partial charge in [-0.2, -0.15) is 0 Å². The zero-order chi connectivity index (χ0) is 20.5. The van der Waals surface area contributed by atoms with Crippen LogP contribution in [-0.2, 0) is 4.79 Å². The second-order valence-electron chi connectivity index (χ2n) is 7.12. The molecule has 1 aliphatic heterocycles. The number of carbonyl (C=O) groups is 1. The Bertz CT molecular complexity index is 1170. The van der Waals surface area contributed by atoms with E-state index in [4.69, 9.17) is 14.1 Å². The van der Waals surface area contributed by atoms with Gasteiger partial charge in [0.2, 0.25) is 5.91 Å². The molecular weight excluding hydrogens is 420 g/mol. The van der Waals surface area contributed by atoms with Gasteiger partial charge >= 0.3 is 0 Å². The molecule has 0 spiro atoms. The number of rotatable bonds is 5. The zero-order valence-corrected chi connectivity index (χ0v) is 18.0. The highest BCUT2D eigenvalue weighted by Crippen LogP contribution is 2.34. The lowest BCUT2D eigenvalue weighted by atomic mass is 9.97. The Hall–Kier alpha value is -2.91. The number of benzene rings is 1. The summed E-state index contributed by atoms with van der Waals surface area (Å²) in [6.45, 7) is 1.56. The number of anilines is 2. The topological polar surface area (TPSA) is 80.5 Å². The first-order valence-corrected chi connectivity index (χ1v) is 11.4.